The van der Waals surface area contributed by atoms with Gasteiger partial charge >= 0.3 is 6.09 Å². The number of nitrogens with zero attached hydrogens (tertiary/aromatic N) is 2. The molecule has 2 aliphatic heterocycles. The standard InChI is InChI=1S/C21H24F2N2O3S/c1-29(17-5-3-2-4-6-17)9-7-24(8-10-29)20-18(22)11-15(12-19(20)23)25-13-16(14-26)28-21(25)27/h2-6,11-12,16,26H,7-10,13-14H2,1H3. The van der Waals surface area contributed by atoms with Crippen molar-refractivity contribution in [2.75, 3.05) is 53.8 Å². The molecule has 0 aromatic heterocycles. The highest BCUT2D eigenvalue weighted by Gasteiger charge is 2.34. The van der Waals surface area contributed by atoms with Crippen LogP contribution in [0, 0.1) is 11.6 Å². The summed E-state index contributed by atoms with van der Waals surface area (Å²) in [5, 5.41) is 9.14. The van der Waals surface area contributed by atoms with Crippen molar-refractivity contribution in [1.29, 1.82) is 0 Å². The molecule has 1 N–H and O–H groups in total. The second kappa shape index (κ2) is 7.84. The summed E-state index contributed by atoms with van der Waals surface area (Å²) >= 11 is 0. The Morgan fingerprint density at radius 3 is 2.31 bits per heavy atom. The molecule has 4 rings (SSSR count). The largest absolute Gasteiger partial charge is 0.441 e. The van der Waals surface area contributed by atoms with E-state index in [0.29, 0.717) is 13.1 Å². The van der Waals surface area contributed by atoms with Crippen molar-refractivity contribution in [2.24, 2.45) is 0 Å². The first-order valence-electron chi connectivity index (χ1n) is 9.53. The molecule has 2 aromatic carbocycles. The average Bonchev–Trinajstić information content (AvgIpc) is 3.10. The summed E-state index contributed by atoms with van der Waals surface area (Å²) in [5.41, 5.74) is 0.0518. The van der Waals surface area contributed by atoms with Gasteiger partial charge in [0.05, 0.1) is 18.8 Å². The van der Waals surface area contributed by atoms with Crippen molar-refractivity contribution in [2.45, 2.75) is 11.0 Å². The molecular weight excluding hydrogens is 398 g/mol. The Bertz CT molecular complexity index is 881. The van der Waals surface area contributed by atoms with E-state index in [2.05, 4.69) is 18.4 Å². The maximum Gasteiger partial charge on any atom is 0.414 e. The minimum absolute atomic E-state index is 0.0467. The predicted octanol–water partition coefficient (Wildman–Crippen LogP) is 3.60. The van der Waals surface area contributed by atoms with Gasteiger partial charge in [-0.3, -0.25) is 4.90 Å². The van der Waals surface area contributed by atoms with E-state index in [4.69, 9.17) is 9.84 Å². The Morgan fingerprint density at radius 1 is 1.14 bits per heavy atom. The third kappa shape index (κ3) is 3.79. The van der Waals surface area contributed by atoms with Crippen molar-refractivity contribution in [1.82, 2.24) is 0 Å². The topological polar surface area (TPSA) is 53.0 Å². The van der Waals surface area contributed by atoms with Gasteiger partial charge in [0, 0.05) is 25.2 Å². The molecular formula is C21H24F2N2O3S. The van der Waals surface area contributed by atoms with Crippen LogP contribution < -0.4 is 9.80 Å². The van der Waals surface area contributed by atoms with Gasteiger partial charge < -0.3 is 14.7 Å². The molecule has 0 radical (unpaired) electrons. The molecule has 8 heteroatoms. The summed E-state index contributed by atoms with van der Waals surface area (Å²) in [6, 6.07) is 12.7. The summed E-state index contributed by atoms with van der Waals surface area (Å²) in [6.45, 7) is 0.885. The van der Waals surface area contributed by atoms with Gasteiger partial charge in [-0.15, -0.1) is 0 Å². The number of anilines is 2. The molecule has 2 saturated heterocycles. The van der Waals surface area contributed by atoms with Crippen LogP contribution in [0.5, 0.6) is 0 Å². The summed E-state index contributed by atoms with van der Waals surface area (Å²) in [4.78, 5) is 16.1. The molecule has 0 bridgehead atoms. The van der Waals surface area contributed by atoms with Crippen LogP contribution in [0.3, 0.4) is 0 Å². The lowest BCUT2D eigenvalue weighted by molar-refractivity contribution is 0.0963. The van der Waals surface area contributed by atoms with E-state index in [9.17, 15) is 13.6 Å². The van der Waals surface area contributed by atoms with Crippen LogP contribution in [-0.2, 0) is 4.74 Å². The number of aliphatic hydroxyl groups is 1. The highest BCUT2D eigenvalue weighted by atomic mass is 32.3. The van der Waals surface area contributed by atoms with E-state index in [1.165, 1.54) is 4.90 Å². The van der Waals surface area contributed by atoms with E-state index < -0.39 is 33.9 Å². The van der Waals surface area contributed by atoms with Crippen LogP contribution in [0.4, 0.5) is 25.0 Å². The van der Waals surface area contributed by atoms with Crippen molar-refractivity contribution in [3.8, 4) is 0 Å². The number of hydrogen-bond acceptors (Lipinski definition) is 4. The molecule has 5 nitrogen and oxygen atoms in total. The molecule has 1 atom stereocenters. The summed E-state index contributed by atoms with van der Waals surface area (Å²) < 4.78 is 34.7. The van der Waals surface area contributed by atoms with Gasteiger partial charge in [0.1, 0.15) is 11.8 Å². The number of carbonyl (C=O) groups is 1. The average molecular weight is 422 g/mol. The molecule has 2 heterocycles. The molecule has 2 fully saturated rings. The maximum absolute atomic E-state index is 14.9. The van der Waals surface area contributed by atoms with Crippen molar-refractivity contribution in [3.05, 3.63) is 54.1 Å². The quantitative estimate of drug-likeness (QED) is 0.818. The first-order valence-corrected chi connectivity index (χ1v) is 11.9. The smallest absolute Gasteiger partial charge is 0.414 e. The number of hydrogen-bond donors (Lipinski definition) is 1. The minimum Gasteiger partial charge on any atom is -0.441 e. The van der Waals surface area contributed by atoms with Gasteiger partial charge in [-0.2, -0.15) is 0 Å². The predicted molar refractivity (Wildman–Crippen MR) is 111 cm³/mol. The van der Waals surface area contributed by atoms with Crippen molar-refractivity contribution in [3.63, 3.8) is 0 Å². The molecule has 0 saturated carbocycles. The van der Waals surface area contributed by atoms with Crippen LogP contribution in [0.1, 0.15) is 0 Å². The van der Waals surface area contributed by atoms with Gasteiger partial charge in [-0.05, 0) is 22.7 Å². The highest BCUT2D eigenvalue weighted by molar-refractivity contribution is 8.33. The molecule has 2 aromatic rings. The summed E-state index contributed by atoms with van der Waals surface area (Å²) in [6.07, 6.45) is 0.872. The molecule has 0 spiro atoms. The second-order valence-electron chi connectivity index (χ2n) is 7.54. The zero-order valence-corrected chi connectivity index (χ0v) is 17.0. The van der Waals surface area contributed by atoms with Gasteiger partial charge in [-0.25, -0.2) is 23.6 Å². The van der Waals surface area contributed by atoms with Crippen molar-refractivity contribution >= 4 is 27.5 Å². The number of benzene rings is 2. The highest BCUT2D eigenvalue weighted by Crippen LogP contribution is 2.54. The molecule has 1 amide bonds. The van der Waals surface area contributed by atoms with Crippen LogP contribution in [0.2, 0.25) is 0 Å². The number of rotatable bonds is 4. The van der Waals surface area contributed by atoms with Gasteiger partial charge in [0.15, 0.2) is 11.6 Å². The van der Waals surface area contributed by atoms with E-state index >= 15 is 0 Å². The van der Waals surface area contributed by atoms with E-state index in [1.807, 2.05) is 18.2 Å². The third-order valence-electron chi connectivity index (χ3n) is 5.64. The number of amides is 1. The van der Waals surface area contributed by atoms with E-state index in [0.717, 1.165) is 28.5 Å². The number of halogens is 2. The summed E-state index contributed by atoms with van der Waals surface area (Å²) in [5.74, 6) is 0.347. The molecule has 1 unspecified atom stereocenters. The monoisotopic (exact) mass is 422 g/mol. The molecule has 0 aliphatic carbocycles. The SMILES string of the molecule is CS1(c2ccccc2)CCN(c2c(F)cc(N3CC(CO)OC3=O)cc2F)CC1. The van der Waals surface area contributed by atoms with Crippen LogP contribution in [0.25, 0.3) is 0 Å². The molecule has 2 aliphatic rings. The van der Waals surface area contributed by atoms with E-state index in [1.54, 1.807) is 4.90 Å². The fourth-order valence-corrected chi connectivity index (χ4v) is 6.62. The van der Waals surface area contributed by atoms with Crippen LogP contribution in [0.15, 0.2) is 47.4 Å². The fraction of sp³-hybridized carbons (Fsp3) is 0.381. The van der Waals surface area contributed by atoms with Gasteiger partial charge in [-0.1, -0.05) is 30.3 Å². The van der Waals surface area contributed by atoms with Crippen LogP contribution in [-0.4, -0.2) is 61.3 Å². The summed E-state index contributed by atoms with van der Waals surface area (Å²) in [7, 11) is -1.00. The Balaban J connectivity index is 1.52. The Morgan fingerprint density at radius 2 is 1.76 bits per heavy atom. The zero-order chi connectivity index (χ0) is 20.6. The molecule has 29 heavy (non-hydrogen) atoms. The first kappa shape index (κ1) is 20.0. The number of ether oxygens (including phenoxy) is 1. The van der Waals surface area contributed by atoms with Gasteiger partial charge in [0.25, 0.3) is 0 Å². The lowest BCUT2D eigenvalue weighted by Gasteiger charge is -2.45. The zero-order valence-electron chi connectivity index (χ0n) is 16.2. The first-order chi connectivity index (χ1) is 13.9. The number of carbonyl (C=O) groups excluding carboxylic acids is 1. The maximum atomic E-state index is 14.9. The normalized spacial score (nSPS) is 22.5. The number of cyclic esters (lactones) is 1. The second-order valence-corrected chi connectivity index (χ2v) is 11.4. The minimum atomic E-state index is -1.00. The Labute approximate surface area is 170 Å². The third-order valence-corrected chi connectivity index (χ3v) is 9.22. The van der Waals surface area contributed by atoms with Crippen LogP contribution >= 0.6 is 10.0 Å². The Hall–Kier alpha value is -2.32. The number of aliphatic hydroxyl groups excluding tert-OH is 1. The van der Waals surface area contributed by atoms with Gasteiger partial charge in [0.2, 0.25) is 0 Å². The fourth-order valence-electron chi connectivity index (χ4n) is 3.88. The van der Waals surface area contributed by atoms with Crippen molar-refractivity contribution < 1.29 is 23.4 Å². The lowest BCUT2D eigenvalue weighted by atomic mass is 10.2. The Kier molecular flexibility index (Phi) is 5.40. The van der Waals surface area contributed by atoms with E-state index in [-0.39, 0.29) is 24.5 Å². The lowest BCUT2D eigenvalue weighted by Crippen LogP contribution is -2.39. The molecule has 156 valence electrons.